The van der Waals surface area contributed by atoms with Crippen molar-refractivity contribution in [3.8, 4) is 0 Å². The molecule has 1 unspecified atom stereocenters. The van der Waals surface area contributed by atoms with Gasteiger partial charge in [0.05, 0.1) is 24.9 Å². The third kappa shape index (κ3) is 4.97. The molecular formula is C21H23FN6O3. The molecule has 0 bridgehead atoms. The van der Waals surface area contributed by atoms with Crippen LogP contribution in [0.3, 0.4) is 0 Å². The third-order valence-corrected chi connectivity index (χ3v) is 5.14. The van der Waals surface area contributed by atoms with Crippen LogP contribution in [0.15, 0.2) is 47.4 Å². The number of nitrogens with zero attached hydrogens (tertiary/aromatic N) is 4. The van der Waals surface area contributed by atoms with Crippen molar-refractivity contribution in [1.29, 1.82) is 0 Å². The van der Waals surface area contributed by atoms with E-state index in [0.29, 0.717) is 49.2 Å². The number of hydrogen-bond donors (Lipinski definition) is 2. The molecule has 4 rings (SSSR count). The molecule has 0 aliphatic carbocycles. The fourth-order valence-electron chi connectivity index (χ4n) is 3.51. The van der Waals surface area contributed by atoms with Crippen LogP contribution in [0, 0.1) is 5.82 Å². The Kier molecular flexibility index (Phi) is 6.08. The molecule has 0 saturated carbocycles. The average molecular weight is 426 g/mol. The first-order chi connectivity index (χ1) is 15.0. The predicted molar refractivity (Wildman–Crippen MR) is 111 cm³/mol. The van der Waals surface area contributed by atoms with Crippen molar-refractivity contribution >= 4 is 11.9 Å². The summed E-state index contributed by atoms with van der Waals surface area (Å²) in [7, 11) is 1.68. The van der Waals surface area contributed by atoms with Gasteiger partial charge in [-0.3, -0.25) is 19.3 Å². The number of nitrogens with one attached hydrogen (secondary N) is 2. The molecule has 162 valence electrons. The standard InChI is InChI=1S/C21H23FN6O3/c1-27-18(6-7-23-27)20(30)25-17(14-2-4-15(22)5-3-14)12-16-13-19(29)26-21(24-16)28-8-10-31-11-9-28/h2-7,13,17H,8-12H2,1H3,(H,25,30)(H,24,26,29). The first-order valence-electron chi connectivity index (χ1n) is 9.97. The van der Waals surface area contributed by atoms with Crippen LogP contribution >= 0.6 is 0 Å². The summed E-state index contributed by atoms with van der Waals surface area (Å²) < 4.78 is 20.3. The quantitative estimate of drug-likeness (QED) is 0.614. The molecule has 9 nitrogen and oxygen atoms in total. The van der Waals surface area contributed by atoms with Gasteiger partial charge in [0.25, 0.3) is 11.5 Å². The van der Waals surface area contributed by atoms with Crippen LogP contribution in [-0.2, 0) is 18.2 Å². The molecule has 2 aromatic heterocycles. The van der Waals surface area contributed by atoms with Crippen molar-refractivity contribution in [3.05, 3.63) is 75.7 Å². The van der Waals surface area contributed by atoms with E-state index in [2.05, 4.69) is 20.4 Å². The number of H-pyrrole nitrogens is 1. The number of aromatic amines is 1. The van der Waals surface area contributed by atoms with Crippen molar-refractivity contribution < 1.29 is 13.9 Å². The SMILES string of the molecule is Cn1nccc1C(=O)NC(Cc1cc(=O)[nH]c(N2CCOCC2)n1)c1ccc(F)cc1. The maximum Gasteiger partial charge on any atom is 0.270 e. The fourth-order valence-corrected chi connectivity index (χ4v) is 3.51. The maximum atomic E-state index is 13.5. The van der Waals surface area contributed by atoms with Crippen molar-refractivity contribution in [2.75, 3.05) is 31.2 Å². The fraction of sp³-hybridized carbons (Fsp3) is 0.333. The van der Waals surface area contributed by atoms with Crippen LogP contribution < -0.4 is 15.8 Å². The monoisotopic (exact) mass is 426 g/mol. The van der Waals surface area contributed by atoms with E-state index in [1.807, 2.05) is 4.90 Å². The van der Waals surface area contributed by atoms with Crippen LogP contribution in [-0.4, -0.2) is 52.0 Å². The molecule has 1 aliphatic rings. The van der Waals surface area contributed by atoms with Crippen molar-refractivity contribution in [1.82, 2.24) is 25.1 Å². The molecule has 1 fully saturated rings. The van der Waals surface area contributed by atoms with E-state index in [9.17, 15) is 14.0 Å². The van der Waals surface area contributed by atoms with Gasteiger partial charge < -0.3 is 15.0 Å². The van der Waals surface area contributed by atoms with Gasteiger partial charge >= 0.3 is 0 Å². The van der Waals surface area contributed by atoms with Gasteiger partial charge in [-0.05, 0) is 23.8 Å². The molecule has 1 aliphatic heterocycles. The Bertz CT molecular complexity index is 1100. The molecule has 31 heavy (non-hydrogen) atoms. The average Bonchev–Trinajstić information content (AvgIpc) is 3.20. The minimum atomic E-state index is -0.519. The molecule has 3 heterocycles. The molecule has 1 aromatic carbocycles. The van der Waals surface area contributed by atoms with Gasteiger partial charge in [0, 0.05) is 38.8 Å². The highest BCUT2D eigenvalue weighted by Crippen LogP contribution is 2.20. The molecule has 1 saturated heterocycles. The summed E-state index contributed by atoms with van der Waals surface area (Å²) in [6.45, 7) is 2.38. The number of aromatic nitrogens is 4. The first kappa shape index (κ1) is 20.7. The molecule has 3 aromatic rings. The number of amides is 1. The zero-order chi connectivity index (χ0) is 21.8. The summed E-state index contributed by atoms with van der Waals surface area (Å²) in [6, 6.07) is 8.40. The van der Waals surface area contributed by atoms with Crippen LogP contribution in [0.4, 0.5) is 10.3 Å². The summed E-state index contributed by atoms with van der Waals surface area (Å²) >= 11 is 0. The van der Waals surface area contributed by atoms with Crippen molar-refractivity contribution in [3.63, 3.8) is 0 Å². The Balaban J connectivity index is 1.62. The summed E-state index contributed by atoms with van der Waals surface area (Å²) in [6.07, 6.45) is 1.80. The van der Waals surface area contributed by atoms with Crippen LogP contribution in [0.1, 0.15) is 27.8 Å². The molecule has 10 heteroatoms. The molecule has 1 atom stereocenters. The second-order valence-electron chi connectivity index (χ2n) is 7.28. The first-order valence-corrected chi connectivity index (χ1v) is 9.97. The zero-order valence-corrected chi connectivity index (χ0v) is 17.0. The number of ether oxygens (including phenoxy) is 1. The highest BCUT2D eigenvalue weighted by molar-refractivity contribution is 5.92. The van der Waals surface area contributed by atoms with Gasteiger partial charge in [0.1, 0.15) is 11.5 Å². The molecule has 1 amide bonds. The van der Waals surface area contributed by atoms with Crippen molar-refractivity contribution in [2.24, 2.45) is 7.05 Å². The smallest absolute Gasteiger partial charge is 0.270 e. The minimum Gasteiger partial charge on any atom is -0.378 e. The van der Waals surface area contributed by atoms with E-state index in [-0.39, 0.29) is 23.7 Å². The number of aryl methyl sites for hydroxylation is 1. The number of morpholine rings is 1. The van der Waals surface area contributed by atoms with Gasteiger partial charge in [0.15, 0.2) is 0 Å². The van der Waals surface area contributed by atoms with E-state index >= 15 is 0 Å². The lowest BCUT2D eigenvalue weighted by atomic mass is 10.0. The second kappa shape index (κ2) is 9.09. The Morgan fingerprint density at radius 3 is 2.68 bits per heavy atom. The van der Waals surface area contributed by atoms with Gasteiger partial charge in [0.2, 0.25) is 5.95 Å². The van der Waals surface area contributed by atoms with Crippen molar-refractivity contribution in [2.45, 2.75) is 12.5 Å². The summed E-state index contributed by atoms with van der Waals surface area (Å²) in [4.78, 5) is 34.4. The van der Waals surface area contributed by atoms with Gasteiger partial charge in [-0.1, -0.05) is 12.1 Å². The third-order valence-electron chi connectivity index (χ3n) is 5.14. The highest BCUT2D eigenvalue weighted by atomic mass is 19.1. The van der Waals surface area contributed by atoms with E-state index < -0.39 is 6.04 Å². The second-order valence-corrected chi connectivity index (χ2v) is 7.28. The largest absolute Gasteiger partial charge is 0.378 e. The summed E-state index contributed by atoms with van der Waals surface area (Å²) in [5.41, 5.74) is 1.33. The number of halogens is 1. The lowest BCUT2D eigenvalue weighted by Crippen LogP contribution is -2.38. The number of hydrogen-bond acceptors (Lipinski definition) is 6. The van der Waals surface area contributed by atoms with Gasteiger partial charge in [-0.25, -0.2) is 9.37 Å². The highest BCUT2D eigenvalue weighted by Gasteiger charge is 2.21. The van der Waals surface area contributed by atoms with E-state index in [1.165, 1.54) is 29.1 Å². The lowest BCUT2D eigenvalue weighted by molar-refractivity contribution is 0.0926. The molecule has 0 radical (unpaired) electrons. The maximum absolute atomic E-state index is 13.5. The Morgan fingerprint density at radius 1 is 1.26 bits per heavy atom. The van der Waals surface area contributed by atoms with E-state index in [4.69, 9.17) is 4.74 Å². The van der Waals surface area contributed by atoms with Gasteiger partial charge in [-0.15, -0.1) is 0 Å². The Labute approximate surface area is 177 Å². The normalized spacial score (nSPS) is 15.0. The van der Waals surface area contributed by atoms with Crippen LogP contribution in [0.5, 0.6) is 0 Å². The molecule has 0 spiro atoms. The van der Waals surface area contributed by atoms with Crippen LogP contribution in [0.25, 0.3) is 0 Å². The number of carbonyl (C=O) groups is 1. The number of benzene rings is 1. The van der Waals surface area contributed by atoms with Crippen LogP contribution in [0.2, 0.25) is 0 Å². The topological polar surface area (TPSA) is 105 Å². The van der Waals surface area contributed by atoms with E-state index in [0.717, 1.165) is 0 Å². The van der Waals surface area contributed by atoms with E-state index in [1.54, 1.807) is 25.2 Å². The lowest BCUT2D eigenvalue weighted by Gasteiger charge is -2.27. The molecular weight excluding hydrogens is 403 g/mol. The number of rotatable bonds is 6. The Morgan fingerprint density at radius 2 is 2.00 bits per heavy atom. The Hall–Kier alpha value is -3.53. The number of carbonyl (C=O) groups excluding carboxylic acids is 1. The molecule has 2 N–H and O–H groups in total. The van der Waals surface area contributed by atoms with Gasteiger partial charge in [-0.2, -0.15) is 5.10 Å². The summed E-state index contributed by atoms with van der Waals surface area (Å²) in [5.74, 6) is -0.224. The minimum absolute atomic E-state index is 0.260. The predicted octanol–water partition coefficient (Wildman–Crippen LogP) is 1.19. The number of anilines is 1. The zero-order valence-electron chi connectivity index (χ0n) is 17.0. The summed E-state index contributed by atoms with van der Waals surface area (Å²) in [5, 5.41) is 6.98.